The minimum atomic E-state index is -0.0487. The fourth-order valence-electron chi connectivity index (χ4n) is 1.45. The molecular formula is C12H18BrNO2. The minimum Gasteiger partial charge on any atom is -0.385 e. The molecule has 0 heterocycles. The summed E-state index contributed by atoms with van der Waals surface area (Å²) in [4.78, 5) is 0. The summed E-state index contributed by atoms with van der Waals surface area (Å²) in [5.74, 6) is 0. The van der Waals surface area contributed by atoms with Gasteiger partial charge in [-0.3, -0.25) is 0 Å². The second kappa shape index (κ2) is 7.79. The third-order valence-corrected chi connectivity index (χ3v) is 3.00. The van der Waals surface area contributed by atoms with Gasteiger partial charge in [0, 0.05) is 31.3 Å². The van der Waals surface area contributed by atoms with Gasteiger partial charge in [-0.1, -0.05) is 34.1 Å². The lowest BCUT2D eigenvalue weighted by molar-refractivity contribution is 0.0435. The highest BCUT2D eigenvalue weighted by molar-refractivity contribution is 9.10. The van der Waals surface area contributed by atoms with Crippen molar-refractivity contribution in [3.8, 4) is 0 Å². The first-order valence-corrected chi connectivity index (χ1v) is 6.14. The Balaban J connectivity index is 2.51. The normalized spacial score (nSPS) is 12.7. The van der Waals surface area contributed by atoms with E-state index in [9.17, 15) is 0 Å². The Bertz CT molecular complexity index is 307. The van der Waals surface area contributed by atoms with Crippen molar-refractivity contribution in [1.29, 1.82) is 0 Å². The van der Waals surface area contributed by atoms with Crippen molar-refractivity contribution in [2.75, 3.05) is 26.9 Å². The van der Waals surface area contributed by atoms with Gasteiger partial charge in [0.05, 0.1) is 6.10 Å². The fraction of sp³-hybridized carbons (Fsp3) is 0.500. The molecule has 0 spiro atoms. The fourth-order valence-corrected chi connectivity index (χ4v) is 1.99. The molecule has 0 radical (unpaired) electrons. The Morgan fingerprint density at radius 2 is 2.06 bits per heavy atom. The lowest BCUT2D eigenvalue weighted by Gasteiger charge is -2.17. The van der Waals surface area contributed by atoms with Gasteiger partial charge >= 0.3 is 0 Å². The minimum absolute atomic E-state index is 0.0487. The third kappa shape index (κ3) is 4.22. The van der Waals surface area contributed by atoms with Crippen LogP contribution in [0.25, 0.3) is 0 Å². The molecule has 0 fully saturated rings. The summed E-state index contributed by atoms with van der Waals surface area (Å²) in [7, 11) is 1.69. The van der Waals surface area contributed by atoms with Crippen molar-refractivity contribution < 1.29 is 9.47 Å². The lowest BCUT2D eigenvalue weighted by Crippen LogP contribution is -2.17. The Hall–Kier alpha value is -0.420. The third-order valence-electron chi connectivity index (χ3n) is 2.28. The van der Waals surface area contributed by atoms with Crippen LogP contribution in [-0.4, -0.2) is 26.9 Å². The molecule has 3 nitrogen and oxygen atoms in total. The van der Waals surface area contributed by atoms with Crippen molar-refractivity contribution in [2.45, 2.75) is 12.5 Å². The van der Waals surface area contributed by atoms with Crippen LogP contribution in [0.3, 0.4) is 0 Å². The van der Waals surface area contributed by atoms with Crippen LogP contribution in [-0.2, 0) is 9.47 Å². The molecular weight excluding hydrogens is 270 g/mol. The highest BCUT2D eigenvalue weighted by Crippen LogP contribution is 2.25. The first kappa shape index (κ1) is 13.6. The Kier molecular flexibility index (Phi) is 6.64. The number of nitrogens with two attached hydrogens (primary N) is 1. The van der Waals surface area contributed by atoms with Gasteiger partial charge in [-0.25, -0.2) is 0 Å². The van der Waals surface area contributed by atoms with E-state index >= 15 is 0 Å². The van der Waals surface area contributed by atoms with Gasteiger partial charge in [0.15, 0.2) is 0 Å². The molecule has 0 bridgehead atoms. The van der Waals surface area contributed by atoms with Crippen LogP contribution in [0.5, 0.6) is 0 Å². The van der Waals surface area contributed by atoms with Gasteiger partial charge in [0.25, 0.3) is 0 Å². The predicted molar refractivity (Wildman–Crippen MR) is 68.4 cm³/mol. The van der Waals surface area contributed by atoms with E-state index in [1.807, 2.05) is 24.3 Å². The van der Waals surface area contributed by atoms with E-state index in [-0.39, 0.29) is 6.10 Å². The average molecular weight is 288 g/mol. The second-order valence-corrected chi connectivity index (χ2v) is 4.32. The summed E-state index contributed by atoms with van der Waals surface area (Å²) in [6, 6.07) is 7.99. The van der Waals surface area contributed by atoms with Crippen molar-refractivity contribution in [2.24, 2.45) is 5.73 Å². The van der Waals surface area contributed by atoms with E-state index in [1.165, 1.54) is 0 Å². The highest BCUT2D eigenvalue weighted by atomic mass is 79.9. The SMILES string of the molecule is COCCCOC(CN)c1ccccc1Br. The molecule has 16 heavy (non-hydrogen) atoms. The summed E-state index contributed by atoms with van der Waals surface area (Å²) in [6.07, 6.45) is 0.838. The van der Waals surface area contributed by atoms with Gasteiger partial charge in [-0.2, -0.15) is 0 Å². The molecule has 1 unspecified atom stereocenters. The largest absolute Gasteiger partial charge is 0.385 e. The van der Waals surface area contributed by atoms with Crippen LogP contribution in [0.2, 0.25) is 0 Å². The monoisotopic (exact) mass is 287 g/mol. The van der Waals surface area contributed by atoms with Crippen LogP contribution in [0.4, 0.5) is 0 Å². The van der Waals surface area contributed by atoms with Gasteiger partial charge in [-0.05, 0) is 18.1 Å². The number of methoxy groups -OCH3 is 1. The summed E-state index contributed by atoms with van der Waals surface area (Å²) in [5.41, 5.74) is 6.81. The highest BCUT2D eigenvalue weighted by Gasteiger charge is 2.12. The number of halogens is 1. The molecule has 90 valence electrons. The molecule has 0 aliphatic rings. The summed E-state index contributed by atoms with van der Waals surface area (Å²) in [6.45, 7) is 1.86. The first-order valence-electron chi connectivity index (χ1n) is 5.34. The number of hydrogen-bond acceptors (Lipinski definition) is 3. The van der Waals surface area contributed by atoms with Gasteiger partial charge in [0.1, 0.15) is 0 Å². The molecule has 1 rings (SSSR count). The first-order chi connectivity index (χ1) is 7.79. The summed E-state index contributed by atoms with van der Waals surface area (Å²) < 4.78 is 11.7. The molecule has 1 aromatic carbocycles. The van der Waals surface area contributed by atoms with E-state index < -0.39 is 0 Å². The standard InChI is InChI=1S/C12H18BrNO2/c1-15-7-4-8-16-12(9-14)10-5-2-3-6-11(10)13/h2-3,5-6,12H,4,7-9,14H2,1H3. The van der Waals surface area contributed by atoms with Gasteiger partial charge < -0.3 is 15.2 Å². The molecule has 0 amide bonds. The smallest absolute Gasteiger partial charge is 0.0957 e. The predicted octanol–water partition coefficient (Wildman–Crippen LogP) is 2.50. The van der Waals surface area contributed by atoms with E-state index in [0.717, 1.165) is 16.5 Å². The quantitative estimate of drug-likeness (QED) is 0.784. The molecule has 0 aliphatic carbocycles. The van der Waals surface area contributed by atoms with E-state index in [4.69, 9.17) is 15.2 Å². The average Bonchev–Trinajstić information content (AvgIpc) is 2.31. The van der Waals surface area contributed by atoms with Crippen molar-refractivity contribution in [3.05, 3.63) is 34.3 Å². The Morgan fingerprint density at radius 1 is 1.31 bits per heavy atom. The number of benzene rings is 1. The van der Waals surface area contributed by atoms with Crippen LogP contribution >= 0.6 is 15.9 Å². The number of hydrogen-bond donors (Lipinski definition) is 1. The van der Waals surface area contributed by atoms with Crippen LogP contribution in [0.15, 0.2) is 28.7 Å². The molecule has 4 heteroatoms. The molecule has 2 N–H and O–H groups in total. The topological polar surface area (TPSA) is 44.5 Å². The van der Waals surface area contributed by atoms with Gasteiger partial charge in [0.2, 0.25) is 0 Å². The van der Waals surface area contributed by atoms with Crippen molar-refractivity contribution in [3.63, 3.8) is 0 Å². The zero-order valence-electron chi connectivity index (χ0n) is 9.49. The molecule has 0 saturated carbocycles. The van der Waals surface area contributed by atoms with Crippen LogP contribution in [0.1, 0.15) is 18.1 Å². The number of rotatable bonds is 7. The maximum atomic E-state index is 5.73. The van der Waals surface area contributed by atoms with Crippen molar-refractivity contribution in [1.82, 2.24) is 0 Å². The Labute approximate surface area is 105 Å². The van der Waals surface area contributed by atoms with E-state index in [0.29, 0.717) is 19.8 Å². The van der Waals surface area contributed by atoms with Crippen LogP contribution < -0.4 is 5.73 Å². The summed E-state index contributed by atoms with van der Waals surface area (Å²) >= 11 is 3.50. The number of ether oxygens (including phenoxy) is 2. The Morgan fingerprint density at radius 3 is 2.69 bits per heavy atom. The van der Waals surface area contributed by atoms with E-state index in [2.05, 4.69) is 15.9 Å². The van der Waals surface area contributed by atoms with Crippen LogP contribution in [0, 0.1) is 0 Å². The molecule has 0 aromatic heterocycles. The second-order valence-electron chi connectivity index (χ2n) is 3.46. The molecule has 1 atom stereocenters. The van der Waals surface area contributed by atoms with Gasteiger partial charge in [-0.15, -0.1) is 0 Å². The maximum Gasteiger partial charge on any atom is 0.0957 e. The summed E-state index contributed by atoms with van der Waals surface area (Å²) in [5, 5.41) is 0. The van der Waals surface area contributed by atoms with E-state index in [1.54, 1.807) is 7.11 Å². The molecule has 1 aromatic rings. The zero-order chi connectivity index (χ0) is 11.8. The molecule has 0 saturated heterocycles. The maximum absolute atomic E-state index is 5.73. The van der Waals surface area contributed by atoms with Crippen molar-refractivity contribution >= 4 is 15.9 Å². The lowest BCUT2D eigenvalue weighted by atomic mass is 10.1. The zero-order valence-corrected chi connectivity index (χ0v) is 11.1. The molecule has 0 aliphatic heterocycles.